The molecule has 0 aliphatic heterocycles. The zero-order valence-electron chi connectivity index (χ0n) is 18.9. The molecule has 0 saturated heterocycles. The topological polar surface area (TPSA) is 48.4 Å². The van der Waals surface area contributed by atoms with Crippen LogP contribution in [0.2, 0.25) is 10.0 Å². The molecule has 4 nitrogen and oxygen atoms in total. The molecule has 0 N–H and O–H groups in total. The van der Waals surface area contributed by atoms with Gasteiger partial charge in [0.2, 0.25) is 0 Å². The summed E-state index contributed by atoms with van der Waals surface area (Å²) in [5.74, 6) is -0.917. The van der Waals surface area contributed by atoms with Crippen molar-refractivity contribution >= 4 is 40.1 Å². The summed E-state index contributed by atoms with van der Waals surface area (Å²) in [5, 5.41) is 1.29. The van der Waals surface area contributed by atoms with Crippen LogP contribution in [0.4, 0.5) is 13.2 Å². The molecule has 0 saturated carbocycles. The number of carbonyl (C=O) groups excluding carboxylic acids is 1. The van der Waals surface area contributed by atoms with E-state index in [0.717, 1.165) is 0 Å². The van der Waals surface area contributed by atoms with Crippen molar-refractivity contribution in [1.29, 1.82) is 0 Å². The molecule has 182 valence electrons. The van der Waals surface area contributed by atoms with E-state index in [0.29, 0.717) is 32.1 Å². The minimum absolute atomic E-state index is 0.106. The number of aromatic nitrogens is 1. The van der Waals surface area contributed by atoms with Crippen LogP contribution in [0.15, 0.2) is 42.5 Å². The van der Waals surface area contributed by atoms with Crippen LogP contribution in [0.3, 0.4) is 0 Å². The van der Waals surface area contributed by atoms with E-state index in [4.69, 9.17) is 32.7 Å². The van der Waals surface area contributed by atoms with Gasteiger partial charge in [-0.15, -0.1) is 0 Å². The summed E-state index contributed by atoms with van der Waals surface area (Å²) >= 11 is 12.4. The van der Waals surface area contributed by atoms with Crippen molar-refractivity contribution in [2.45, 2.75) is 26.4 Å². The number of ether oxygens (including phenoxy) is 2. The van der Waals surface area contributed by atoms with E-state index in [9.17, 15) is 18.0 Å². The first kappa shape index (κ1) is 26.1. The molecule has 0 aliphatic carbocycles. The molecule has 0 atom stereocenters. The van der Waals surface area contributed by atoms with E-state index in [-0.39, 0.29) is 11.4 Å². The number of nitrogens with zero attached hydrogens (tertiary/aromatic N) is 1. The molecule has 0 spiro atoms. The highest BCUT2D eigenvalue weighted by atomic mass is 35.5. The number of halogens is 5. The van der Waals surface area contributed by atoms with Gasteiger partial charge in [0.05, 0.1) is 10.9 Å². The highest BCUT2D eigenvalue weighted by Crippen LogP contribution is 2.41. The second kappa shape index (κ2) is 10.4. The van der Waals surface area contributed by atoms with Crippen molar-refractivity contribution in [2.75, 3.05) is 26.6 Å². The van der Waals surface area contributed by atoms with E-state index in [2.05, 4.69) is 4.98 Å². The standard InChI is InChI=1S/C25H24Cl2F3NO3/c1-24(2,3)34-23(32)21-22(33-14-25(11-28,12-29)13-30)20(15-5-4-6-16(26)9-15)18-10-17(27)7-8-19(18)31-21/h4-10H,11-14H2,1-3H3. The lowest BCUT2D eigenvalue weighted by Crippen LogP contribution is -2.36. The molecule has 3 rings (SSSR count). The molecule has 9 heteroatoms. The molecular formula is C25H24Cl2F3NO3. The zero-order valence-corrected chi connectivity index (χ0v) is 20.4. The smallest absolute Gasteiger partial charge is 0.361 e. The molecule has 1 heterocycles. The van der Waals surface area contributed by atoms with Crippen LogP contribution in [-0.2, 0) is 4.74 Å². The third-order valence-corrected chi connectivity index (χ3v) is 5.45. The fourth-order valence-electron chi connectivity index (χ4n) is 3.20. The molecule has 3 aromatic rings. The second-order valence-electron chi connectivity index (χ2n) is 9.03. The van der Waals surface area contributed by atoms with E-state index >= 15 is 0 Å². The van der Waals surface area contributed by atoms with Crippen LogP contribution >= 0.6 is 23.2 Å². The Morgan fingerprint density at radius 2 is 1.62 bits per heavy atom. The fourth-order valence-corrected chi connectivity index (χ4v) is 3.56. The SMILES string of the molecule is CC(C)(C)OC(=O)c1nc2ccc(Cl)cc2c(-c2cccc(Cl)c2)c1OCC(CF)(CF)CF. The summed E-state index contributed by atoms with van der Waals surface area (Å²) in [6.07, 6.45) is 0. The van der Waals surface area contributed by atoms with Crippen LogP contribution in [0.1, 0.15) is 31.3 Å². The van der Waals surface area contributed by atoms with Crippen molar-refractivity contribution in [1.82, 2.24) is 4.98 Å². The predicted octanol–water partition coefficient (Wildman–Crippen LogP) is 7.44. The molecule has 0 aliphatic rings. The summed E-state index contributed by atoms with van der Waals surface area (Å²) in [6.45, 7) is 0.510. The Morgan fingerprint density at radius 1 is 0.971 bits per heavy atom. The Balaban J connectivity index is 2.33. The largest absolute Gasteiger partial charge is 0.489 e. The average Bonchev–Trinajstić information content (AvgIpc) is 2.78. The first-order valence-electron chi connectivity index (χ1n) is 10.5. The van der Waals surface area contributed by atoms with E-state index in [1.165, 1.54) is 0 Å². The number of fused-ring (bicyclic) bond motifs is 1. The maximum atomic E-state index is 13.6. The maximum Gasteiger partial charge on any atom is 0.361 e. The lowest BCUT2D eigenvalue weighted by atomic mass is 9.94. The number of hydrogen-bond acceptors (Lipinski definition) is 4. The van der Waals surface area contributed by atoms with E-state index in [1.807, 2.05) is 0 Å². The van der Waals surface area contributed by atoms with Gasteiger partial charge in [-0.1, -0.05) is 35.3 Å². The molecule has 0 fully saturated rings. The molecule has 0 amide bonds. The number of hydrogen-bond donors (Lipinski definition) is 0. The van der Waals surface area contributed by atoms with Crippen LogP contribution < -0.4 is 4.74 Å². The van der Waals surface area contributed by atoms with Crippen LogP contribution in [0.5, 0.6) is 5.75 Å². The van der Waals surface area contributed by atoms with Gasteiger partial charge < -0.3 is 9.47 Å². The number of benzene rings is 2. The molecular weight excluding hydrogens is 490 g/mol. The Kier molecular flexibility index (Phi) is 7.98. The summed E-state index contributed by atoms with van der Waals surface area (Å²) in [7, 11) is 0. The summed E-state index contributed by atoms with van der Waals surface area (Å²) in [5.41, 5.74) is -1.79. The van der Waals surface area contributed by atoms with Crippen molar-refractivity contribution in [3.8, 4) is 16.9 Å². The monoisotopic (exact) mass is 513 g/mol. The van der Waals surface area contributed by atoms with Gasteiger partial charge in [-0.3, -0.25) is 13.2 Å². The van der Waals surface area contributed by atoms with Crippen molar-refractivity contribution in [3.05, 3.63) is 58.2 Å². The molecule has 0 unspecified atom stereocenters. The number of pyridine rings is 1. The third kappa shape index (κ3) is 5.76. The summed E-state index contributed by atoms with van der Waals surface area (Å²) in [6, 6.07) is 11.6. The Bertz CT molecular complexity index is 1190. The third-order valence-electron chi connectivity index (χ3n) is 4.98. The molecule has 2 aromatic carbocycles. The van der Waals surface area contributed by atoms with Gasteiger partial charge in [0.25, 0.3) is 0 Å². The highest BCUT2D eigenvalue weighted by molar-refractivity contribution is 6.32. The highest BCUT2D eigenvalue weighted by Gasteiger charge is 2.35. The van der Waals surface area contributed by atoms with E-state index < -0.39 is 43.6 Å². The zero-order chi connectivity index (χ0) is 25.1. The maximum absolute atomic E-state index is 13.6. The first-order chi connectivity index (χ1) is 16.0. The van der Waals surface area contributed by atoms with E-state index in [1.54, 1.807) is 63.2 Å². The van der Waals surface area contributed by atoms with Gasteiger partial charge in [-0.05, 0) is 56.7 Å². The Labute approximate surface area is 206 Å². The van der Waals surface area contributed by atoms with Crippen LogP contribution in [0.25, 0.3) is 22.0 Å². The lowest BCUT2D eigenvalue weighted by molar-refractivity contribution is 0.00541. The number of esters is 1. The number of carbonyl (C=O) groups is 1. The van der Waals surface area contributed by atoms with Gasteiger partial charge in [0.1, 0.15) is 32.2 Å². The molecule has 34 heavy (non-hydrogen) atoms. The number of alkyl halides is 3. The molecule has 1 aromatic heterocycles. The van der Waals surface area contributed by atoms with Crippen molar-refractivity contribution in [3.63, 3.8) is 0 Å². The Hall–Kier alpha value is -2.51. The normalized spacial score (nSPS) is 12.1. The van der Waals surface area contributed by atoms with Gasteiger partial charge >= 0.3 is 5.97 Å². The predicted molar refractivity (Wildman–Crippen MR) is 128 cm³/mol. The molecule has 0 bridgehead atoms. The Morgan fingerprint density at radius 3 is 2.21 bits per heavy atom. The van der Waals surface area contributed by atoms with Crippen LogP contribution in [-0.4, -0.2) is 43.2 Å². The van der Waals surface area contributed by atoms with Gasteiger partial charge in [0.15, 0.2) is 11.4 Å². The lowest BCUT2D eigenvalue weighted by Gasteiger charge is -2.27. The van der Waals surface area contributed by atoms with Crippen molar-refractivity contribution < 1.29 is 27.4 Å². The van der Waals surface area contributed by atoms with Crippen LogP contribution in [0, 0.1) is 5.41 Å². The van der Waals surface area contributed by atoms with Gasteiger partial charge in [-0.25, -0.2) is 9.78 Å². The second-order valence-corrected chi connectivity index (χ2v) is 9.90. The minimum atomic E-state index is -2.01. The quantitative estimate of drug-likeness (QED) is 0.293. The fraction of sp³-hybridized carbons (Fsp3) is 0.360. The average molecular weight is 514 g/mol. The van der Waals surface area contributed by atoms with Gasteiger partial charge in [0, 0.05) is 21.0 Å². The first-order valence-corrected chi connectivity index (χ1v) is 11.2. The van der Waals surface area contributed by atoms with Crippen molar-refractivity contribution in [2.24, 2.45) is 5.41 Å². The number of rotatable bonds is 8. The van der Waals surface area contributed by atoms with Gasteiger partial charge in [-0.2, -0.15) is 0 Å². The summed E-state index contributed by atoms with van der Waals surface area (Å²) < 4.78 is 52.1. The molecule has 0 radical (unpaired) electrons. The minimum Gasteiger partial charge on any atom is -0.489 e. The summed E-state index contributed by atoms with van der Waals surface area (Å²) in [4.78, 5) is 17.6.